The van der Waals surface area contributed by atoms with Gasteiger partial charge in [-0.25, -0.2) is 8.42 Å². The van der Waals surface area contributed by atoms with E-state index in [1.54, 1.807) is 18.3 Å². The van der Waals surface area contributed by atoms with Gasteiger partial charge in [-0.3, -0.25) is 9.88 Å². The Morgan fingerprint density at radius 1 is 1.19 bits per heavy atom. The first-order chi connectivity index (χ1) is 12.8. The number of nitrogens with zero attached hydrogens (tertiary/aromatic N) is 2. The molecule has 1 unspecified atom stereocenters. The Labute approximate surface area is 162 Å². The maximum atomic E-state index is 12.8. The molecular weight excluding hydrogens is 358 g/mol. The summed E-state index contributed by atoms with van der Waals surface area (Å²) >= 11 is 0. The largest absolute Gasteiger partial charge is 0.314 e. The average Bonchev–Trinajstić information content (AvgIpc) is 2.67. The van der Waals surface area contributed by atoms with Gasteiger partial charge in [0.2, 0.25) is 0 Å². The second-order valence-electron chi connectivity index (χ2n) is 8.14. The molecule has 0 radical (unpaired) electrons. The predicted molar refractivity (Wildman–Crippen MR) is 109 cm³/mol. The molecule has 3 rings (SSSR count). The summed E-state index contributed by atoms with van der Waals surface area (Å²) < 4.78 is 25.6. The van der Waals surface area contributed by atoms with Gasteiger partial charge in [-0.1, -0.05) is 39.0 Å². The molecule has 1 saturated heterocycles. The van der Waals surface area contributed by atoms with Gasteiger partial charge >= 0.3 is 0 Å². The molecular formula is C21H29N3O2S. The van der Waals surface area contributed by atoms with Gasteiger partial charge in [0.15, 0.2) is 9.84 Å². The van der Waals surface area contributed by atoms with Gasteiger partial charge in [0.05, 0.1) is 10.6 Å². The van der Waals surface area contributed by atoms with E-state index < -0.39 is 9.84 Å². The summed E-state index contributed by atoms with van der Waals surface area (Å²) in [5.74, 6) is 0.124. The third-order valence-corrected chi connectivity index (χ3v) is 6.86. The summed E-state index contributed by atoms with van der Waals surface area (Å²) in [6.07, 6.45) is 3.63. The zero-order valence-electron chi connectivity index (χ0n) is 16.4. The number of pyridine rings is 1. The summed E-state index contributed by atoms with van der Waals surface area (Å²) in [6, 6.07) is 11.5. The highest BCUT2D eigenvalue weighted by Gasteiger charge is 2.26. The van der Waals surface area contributed by atoms with Crippen LogP contribution in [0.5, 0.6) is 0 Å². The Kier molecular flexibility index (Phi) is 5.99. The third kappa shape index (κ3) is 4.94. The predicted octanol–water partition coefficient (Wildman–Crippen LogP) is 2.80. The van der Waals surface area contributed by atoms with Crippen molar-refractivity contribution in [1.82, 2.24) is 15.2 Å². The monoisotopic (exact) mass is 387 g/mol. The Morgan fingerprint density at radius 3 is 2.56 bits per heavy atom. The lowest BCUT2D eigenvalue weighted by Gasteiger charge is -2.36. The van der Waals surface area contributed by atoms with E-state index in [4.69, 9.17) is 0 Å². The third-order valence-electron chi connectivity index (χ3n) is 5.15. The van der Waals surface area contributed by atoms with Crippen molar-refractivity contribution in [2.45, 2.75) is 37.1 Å². The first-order valence-corrected chi connectivity index (χ1v) is 11.1. The van der Waals surface area contributed by atoms with Crippen LogP contribution in [0.1, 0.15) is 37.9 Å². The van der Waals surface area contributed by atoms with Crippen LogP contribution >= 0.6 is 0 Å². The van der Waals surface area contributed by atoms with Crippen LogP contribution in [0.2, 0.25) is 0 Å². The molecule has 27 heavy (non-hydrogen) atoms. The molecule has 6 heteroatoms. The zero-order chi connectivity index (χ0) is 19.5. The molecule has 2 heterocycles. The molecule has 0 bridgehead atoms. The lowest BCUT2D eigenvalue weighted by Crippen LogP contribution is -2.47. The number of benzene rings is 1. The van der Waals surface area contributed by atoms with E-state index in [9.17, 15) is 8.42 Å². The second kappa shape index (κ2) is 8.09. The standard InChI is InChI=1S/C21H29N3O2S/c1-21(2,3)18-6-8-19(9-7-18)27(25,26)14-13-24-12-11-23-16-20(24)17-5-4-10-22-15-17/h4-10,15,20,23H,11-14,16H2,1-3H3. The van der Waals surface area contributed by atoms with Crippen molar-refractivity contribution in [1.29, 1.82) is 0 Å². The second-order valence-corrected chi connectivity index (χ2v) is 10.2. The summed E-state index contributed by atoms with van der Waals surface area (Å²) in [4.78, 5) is 6.86. The summed E-state index contributed by atoms with van der Waals surface area (Å²) in [5, 5.41) is 3.39. The van der Waals surface area contributed by atoms with Crippen LogP contribution in [0.4, 0.5) is 0 Å². The van der Waals surface area contributed by atoms with E-state index in [-0.39, 0.29) is 17.2 Å². The average molecular weight is 388 g/mol. The van der Waals surface area contributed by atoms with Gasteiger partial charge in [0.1, 0.15) is 0 Å². The molecule has 1 aromatic heterocycles. The van der Waals surface area contributed by atoms with E-state index in [1.807, 2.05) is 24.4 Å². The number of hydrogen-bond acceptors (Lipinski definition) is 5. The first-order valence-electron chi connectivity index (χ1n) is 9.45. The number of hydrogen-bond donors (Lipinski definition) is 1. The van der Waals surface area contributed by atoms with Gasteiger partial charge in [-0.15, -0.1) is 0 Å². The molecule has 1 aliphatic rings. The zero-order valence-corrected chi connectivity index (χ0v) is 17.2. The minimum atomic E-state index is -3.31. The van der Waals surface area contributed by atoms with E-state index in [0.29, 0.717) is 11.4 Å². The van der Waals surface area contributed by atoms with Gasteiger partial charge in [-0.05, 0) is 34.7 Å². The summed E-state index contributed by atoms with van der Waals surface area (Å²) in [5.41, 5.74) is 2.27. The van der Waals surface area contributed by atoms with Crippen LogP contribution in [0.25, 0.3) is 0 Å². The van der Waals surface area contributed by atoms with Crippen molar-refractivity contribution in [2.75, 3.05) is 31.9 Å². The molecule has 1 fully saturated rings. The number of rotatable bonds is 5. The fourth-order valence-corrected chi connectivity index (χ4v) is 4.69. The Hall–Kier alpha value is -1.76. The fourth-order valence-electron chi connectivity index (χ4n) is 3.43. The molecule has 0 spiro atoms. The SMILES string of the molecule is CC(C)(C)c1ccc(S(=O)(=O)CCN2CCNCC2c2cccnc2)cc1. The molecule has 0 amide bonds. The van der Waals surface area contributed by atoms with Crippen LogP contribution in [-0.4, -0.2) is 50.2 Å². The number of sulfone groups is 1. The minimum Gasteiger partial charge on any atom is -0.314 e. The molecule has 146 valence electrons. The lowest BCUT2D eigenvalue weighted by molar-refractivity contribution is 0.171. The molecule has 1 aromatic carbocycles. The minimum absolute atomic E-state index is 0.0139. The van der Waals surface area contributed by atoms with Crippen molar-refractivity contribution in [3.63, 3.8) is 0 Å². The van der Waals surface area contributed by atoms with Crippen LogP contribution in [0.3, 0.4) is 0 Å². The van der Waals surface area contributed by atoms with E-state index >= 15 is 0 Å². The Morgan fingerprint density at radius 2 is 1.93 bits per heavy atom. The van der Waals surface area contributed by atoms with Crippen LogP contribution < -0.4 is 5.32 Å². The van der Waals surface area contributed by atoms with Crippen molar-refractivity contribution >= 4 is 9.84 Å². The highest BCUT2D eigenvalue weighted by molar-refractivity contribution is 7.91. The summed E-state index contributed by atoms with van der Waals surface area (Å²) in [6.45, 7) is 9.41. The lowest BCUT2D eigenvalue weighted by atomic mass is 9.87. The van der Waals surface area contributed by atoms with E-state index in [2.05, 4.69) is 42.0 Å². The van der Waals surface area contributed by atoms with Crippen molar-refractivity contribution in [2.24, 2.45) is 0 Å². The van der Waals surface area contributed by atoms with Gasteiger partial charge in [0.25, 0.3) is 0 Å². The Bertz CT molecular complexity index is 843. The van der Waals surface area contributed by atoms with Gasteiger partial charge < -0.3 is 5.32 Å². The fraction of sp³-hybridized carbons (Fsp3) is 0.476. The molecule has 5 nitrogen and oxygen atoms in total. The van der Waals surface area contributed by atoms with Crippen LogP contribution in [0, 0.1) is 0 Å². The van der Waals surface area contributed by atoms with Crippen molar-refractivity contribution in [3.05, 3.63) is 59.9 Å². The topological polar surface area (TPSA) is 62.3 Å². The number of aromatic nitrogens is 1. The number of piperazine rings is 1. The molecule has 0 saturated carbocycles. The quantitative estimate of drug-likeness (QED) is 0.855. The first kappa shape index (κ1) is 20.0. The van der Waals surface area contributed by atoms with Crippen molar-refractivity contribution < 1.29 is 8.42 Å². The van der Waals surface area contributed by atoms with E-state index in [1.165, 1.54) is 0 Å². The number of nitrogens with one attached hydrogen (secondary N) is 1. The van der Waals surface area contributed by atoms with Gasteiger partial charge in [0, 0.05) is 44.6 Å². The highest BCUT2D eigenvalue weighted by Crippen LogP contribution is 2.25. The van der Waals surface area contributed by atoms with Crippen molar-refractivity contribution in [3.8, 4) is 0 Å². The van der Waals surface area contributed by atoms with Gasteiger partial charge in [-0.2, -0.15) is 0 Å². The maximum absolute atomic E-state index is 12.8. The molecule has 1 atom stereocenters. The normalized spacial score (nSPS) is 19.1. The molecule has 0 aliphatic carbocycles. The summed E-state index contributed by atoms with van der Waals surface area (Å²) in [7, 11) is -3.31. The van der Waals surface area contributed by atoms with Crippen LogP contribution in [-0.2, 0) is 15.3 Å². The smallest absolute Gasteiger partial charge is 0.179 e. The molecule has 2 aromatic rings. The maximum Gasteiger partial charge on any atom is 0.179 e. The molecule has 1 aliphatic heterocycles. The van der Waals surface area contributed by atoms with E-state index in [0.717, 1.165) is 30.8 Å². The van der Waals surface area contributed by atoms with Crippen LogP contribution in [0.15, 0.2) is 53.7 Å². The Balaban J connectivity index is 1.70. The highest BCUT2D eigenvalue weighted by atomic mass is 32.2. The molecule has 1 N–H and O–H groups in total.